The van der Waals surface area contributed by atoms with E-state index in [1.54, 1.807) is 0 Å². The number of carbonyl (C=O) groups is 1. The van der Waals surface area contributed by atoms with E-state index < -0.39 is 0 Å². The van der Waals surface area contributed by atoms with E-state index in [0.717, 1.165) is 31.6 Å². The van der Waals surface area contributed by atoms with Crippen molar-refractivity contribution in [1.29, 1.82) is 0 Å². The Labute approximate surface area is 119 Å². The molecule has 0 spiro atoms. The number of likely N-dealkylation sites (tertiary alicyclic amines) is 1. The van der Waals surface area contributed by atoms with Gasteiger partial charge in [0.1, 0.15) is 0 Å². The van der Waals surface area contributed by atoms with Crippen LogP contribution in [0.5, 0.6) is 0 Å². The highest BCUT2D eigenvalue weighted by Crippen LogP contribution is 2.13. The van der Waals surface area contributed by atoms with Crippen LogP contribution in [0.4, 0.5) is 5.69 Å². The van der Waals surface area contributed by atoms with Gasteiger partial charge < -0.3 is 15.2 Å². The Morgan fingerprint density at radius 2 is 2.00 bits per heavy atom. The zero-order chi connectivity index (χ0) is 14.2. The summed E-state index contributed by atoms with van der Waals surface area (Å²) in [6, 6.07) is 9.49. The smallest absolute Gasteiger partial charge is 0.238 e. The highest BCUT2D eigenvalue weighted by Gasteiger charge is 2.21. The van der Waals surface area contributed by atoms with Gasteiger partial charge in [0.05, 0.1) is 25.9 Å². The predicted molar refractivity (Wildman–Crippen MR) is 77.6 cm³/mol. The van der Waals surface area contributed by atoms with Crippen molar-refractivity contribution >= 4 is 11.6 Å². The van der Waals surface area contributed by atoms with Crippen LogP contribution in [0.3, 0.4) is 0 Å². The monoisotopic (exact) mass is 278 g/mol. The molecule has 1 heterocycles. The van der Waals surface area contributed by atoms with Gasteiger partial charge in [-0.25, -0.2) is 0 Å². The summed E-state index contributed by atoms with van der Waals surface area (Å²) in [7, 11) is 0. The Morgan fingerprint density at radius 3 is 2.65 bits per heavy atom. The van der Waals surface area contributed by atoms with Crippen molar-refractivity contribution < 1.29 is 14.6 Å². The average Bonchev–Trinajstić information content (AvgIpc) is 2.47. The standard InChI is InChI=1S/C15H22N2O3/c18-10-11-20-14-6-8-17(9-7-14)12-15(19)16-13-4-2-1-3-5-13/h1-5,14,18H,6-12H2,(H,16,19). The maximum Gasteiger partial charge on any atom is 0.238 e. The molecule has 20 heavy (non-hydrogen) atoms. The number of nitrogens with zero attached hydrogens (tertiary/aromatic N) is 1. The first-order valence-electron chi connectivity index (χ1n) is 7.07. The lowest BCUT2D eigenvalue weighted by Crippen LogP contribution is -2.41. The molecular formula is C15H22N2O3. The molecule has 1 aliphatic heterocycles. The maximum atomic E-state index is 11.9. The van der Waals surface area contributed by atoms with Crippen molar-refractivity contribution in [2.45, 2.75) is 18.9 Å². The summed E-state index contributed by atoms with van der Waals surface area (Å²) in [4.78, 5) is 14.1. The minimum Gasteiger partial charge on any atom is -0.394 e. The van der Waals surface area contributed by atoms with Gasteiger partial charge in [-0.05, 0) is 25.0 Å². The van der Waals surface area contributed by atoms with E-state index >= 15 is 0 Å². The summed E-state index contributed by atoms with van der Waals surface area (Å²) < 4.78 is 5.50. The normalized spacial score (nSPS) is 17.1. The number of aliphatic hydroxyl groups is 1. The van der Waals surface area contributed by atoms with Crippen LogP contribution in [-0.4, -0.2) is 54.9 Å². The number of hydrogen-bond donors (Lipinski definition) is 2. The molecule has 1 saturated heterocycles. The van der Waals surface area contributed by atoms with Crippen molar-refractivity contribution in [1.82, 2.24) is 4.90 Å². The van der Waals surface area contributed by atoms with Crippen LogP contribution in [0, 0.1) is 0 Å². The molecule has 1 aromatic carbocycles. The number of piperidine rings is 1. The third-order valence-electron chi connectivity index (χ3n) is 3.40. The highest BCUT2D eigenvalue weighted by atomic mass is 16.5. The molecular weight excluding hydrogens is 256 g/mol. The molecule has 0 saturated carbocycles. The lowest BCUT2D eigenvalue weighted by molar-refractivity contribution is -0.118. The molecule has 1 fully saturated rings. The second-order valence-electron chi connectivity index (χ2n) is 4.98. The first-order valence-corrected chi connectivity index (χ1v) is 7.07. The molecule has 0 radical (unpaired) electrons. The number of amides is 1. The fourth-order valence-electron chi connectivity index (χ4n) is 2.38. The van der Waals surface area contributed by atoms with Crippen LogP contribution in [0.25, 0.3) is 0 Å². The number of ether oxygens (including phenoxy) is 1. The second-order valence-corrected chi connectivity index (χ2v) is 4.98. The van der Waals surface area contributed by atoms with Crippen LogP contribution in [0.15, 0.2) is 30.3 Å². The van der Waals surface area contributed by atoms with Crippen LogP contribution in [0.1, 0.15) is 12.8 Å². The fraction of sp³-hybridized carbons (Fsp3) is 0.533. The van der Waals surface area contributed by atoms with Gasteiger partial charge in [-0.3, -0.25) is 9.69 Å². The van der Waals surface area contributed by atoms with E-state index in [-0.39, 0.29) is 18.6 Å². The molecule has 1 aromatic rings. The largest absolute Gasteiger partial charge is 0.394 e. The number of carbonyl (C=O) groups excluding carboxylic acids is 1. The third kappa shape index (κ3) is 4.92. The van der Waals surface area contributed by atoms with E-state index in [1.165, 1.54) is 0 Å². The second kappa shape index (κ2) is 7.99. The van der Waals surface area contributed by atoms with Crippen LogP contribution in [0.2, 0.25) is 0 Å². The van der Waals surface area contributed by atoms with Gasteiger partial charge in [0.15, 0.2) is 0 Å². The fourth-order valence-corrected chi connectivity index (χ4v) is 2.38. The number of rotatable bonds is 6. The molecule has 0 aromatic heterocycles. The lowest BCUT2D eigenvalue weighted by atomic mass is 10.1. The molecule has 2 rings (SSSR count). The van der Waals surface area contributed by atoms with Gasteiger partial charge in [-0.2, -0.15) is 0 Å². The van der Waals surface area contributed by atoms with Crippen molar-refractivity contribution in [3.05, 3.63) is 30.3 Å². The minimum absolute atomic E-state index is 0.0194. The molecule has 1 amide bonds. The SMILES string of the molecule is O=C(CN1CCC(OCCO)CC1)Nc1ccccc1. The minimum atomic E-state index is 0.0194. The summed E-state index contributed by atoms with van der Waals surface area (Å²) >= 11 is 0. The van der Waals surface area contributed by atoms with Crippen molar-refractivity contribution in [3.63, 3.8) is 0 Å². The molecule has 2 N–H and O–H groups in total. The van der Waals surface area contributed by atoms with Gasteiger partial charge in [0.2, 0.25) is 5.91 Å². The Hall–Kier alpha value is -1.43. The molecule has 0 aliphatic carbocycles. The first kappa shape index (κ1) is 15.0. The Kier molecular flexibility index (Phi) is 5.98. The van der Waals surface area contributed by atoms with Gasteiger partial charge in [0.25, 0.3) is 0 Å². The van der Waals surface area contributed by atoms with Gasteiger partial charge >= 0.3 is 0 Å². The molecule has 5 nitrogen and oxygen atoms in total. The van der Waals surface area contributed by atoms with E-state index in [4.69, 9.17) is 9.84 Å². The van der Waals surface area contributed by atoms with Gasteiger partial charge in [-0.1, -0.05) is 18.2 Å². The van der Waals surface area contributed by atoms with E-state index in [1.807, 2.05) is 30.3 Å². The Morgan fingerprint density at radius 1 is 1.30 bits per heavy atom. The molecule has 110 valence electrons. The van der Waals surface area contributed by atoms with Crippen molar-refractivity contribution in [2.24, 2.45) is 0 Å². The molecule has 0 unspecified atom stereocenters. The van der Waals surface area contributed by atoms with Gasteiger partial charge in [-0.15, -0.1) is 0 Å². The predicted octanol–water partition coefficient (Wildman–Crippen LogP) is 1.10. The number of para-hydroxylation sites is 1. The van der Waals surface area contributed by atoms with E-state index in [2.05, 4.69) is 10.2 Å². The topological polar surface area (TPSA) is 61.8 Å². The van der Waals surface area contributed by atoms with Gasteiger partial charge in [0, 0.05) is 18.8 Å². The summed E-state index contributed by atoms with van der Waals surface area (Å²) in [5.41, 5.74) is 0.832. The van der Waals surface area contributed by atoms with Crippen molar-refractivity contribution in [3.8, 4) is 0 Å². The molecule has 5 heteroatoms. The summed E-state index contributed by atoms with van der Waals surface area (Å²) in [6.07, 6.45) is 2.05. The number of benzene rings is 1. The highest BCUT2D eigenvalue weighted by molar-refractivity contribution is 5.92. The number of aliphatic hydroxyl groups excluding tert-OH is 1. The summed E-state index contributed by atoms with van der Waals surface area (Å²) in [6.45, 7) is 2.61. The first-order chi connectivity index (χ1) is 9.78. The average molecular weight is 278 g/mol. The van der Waals surface area contributed by atoms with Crippen LogP contribution < -0.4 is 5.32 Å². The van der Waals surface area contributed by atoms with Crippen LogP contribution >= 0.6 is 0 Å². The molecule has 0 bridgehead atoms. The summed E-state index contributed by atoms with van der Waals surface area (Å²) in [5, 5.41) is 11.6. The zero-order valence-corrected chi connectivity index (χ0v) is 11.6. The summed E-state index contributed by atoms with van der Waals surface area (Å²) in [5.74, 6) is 0.0194. The van der Waals surface area contributed by atoms with E-state index in [0.29, 0.717) is 13.2 Å². The number of anilines is 1. The Balaban J connectivity index is 1.68. The lowest BCUT2D eigenvalue weighted by Gasteiger charge is -2.31. The number of hydrogen-bond acceptors (Lipinski definition) is 4. The maximum absolute atomic E-state index is 11.9. The zero-order valence-electron chi connectivity index (χ0n) is 11.6. The van der Waals surface area contributed by atoms with Crippen molar-refractivity contribution in [2.75, 3.05) is 38.2 Å². The van der Waals surface area contributed by atoms with Crippen LogP contribution in [-0.2, 0) is 9.53 Å². The van der Waals surface area contributed by atoms with E-state index in [9.17, 15) is 4.79 Å². The third-order valence-corrected chi connectivity index (χ3v) is 3.40. The molecule has 0 atom stereocenters. The number of nitrogens with one attached hydrogen (secondary N) is 1. The quantitative estimate of drug-likeness (QED) is 0.818. The Bertz CT molecular complexity index is 403. The molecule has 1 aliphatic rings.